The Bertz CT molecular complexity index is 954. The van der Waals surface area contributed by atoms with Crippen molar-refractivity contribution in [2.24, 2.45) is 0 Å². The van der Waals surface area contributed by atoms with Gasteiger partial charge in [-0.05, 0) is 37.3 Å². The van der Waals surface area contributed by atoms with Crippen LogP contribution in [0.2, 0.25) is 0 Å². The molecule has 138 valence electrons. The number of carbonyl (C=O) groups excluding carboxylic acids is 2. The van der Waals surface area contributed by atoms with E-state index in [9.17, 15) is 9.59 Å². The summed E-state index contributed by atoms with van der Waals surface area (Å²) in [5.41, 5.74) is 3.00. The monoisotopic (exact) mass is 382 g/mol. The minimum Gasteiger partial charge on any atom is -0.411 e. The summed E-state index contributed by atoms with van der Waals surface area (Å²) in [7, 11) is 1.56. The molecule has 3 rings (SSSR count). The standard InChI is InChI=1S/C19H18N4O3S/c1-12-6-8-13(9-7-12)18-22-23-19(26-18)27-11-16(24)21-15-5-3-4-14(10-15)17(25)20-2/h3-10H,11H2,1-2H3,(H,20,25)(H,21,24). The van der Waals surface area contributed by atoms with Gasteiger partial charge in [-0.3, -0.25) is 9.59 Å². The van der Waals surface area contributed by atoms with E-state index in [1.807, 2.05) is 31.2 Å². The average molecular weight is 382 g/mol. The number of aryl methyl sites for hydroxylation is 1. The highest BCUT2D eigenvalue weighted by molar-refractivity contribution is 7.99. The van der Waals surface area contributed by atoms with Gasteiger partial charge in [-0.1, -0.05) is 35.5 Å². The second-order valence-electron chi connectivity index (χ2n) is 5.74. The van der Waals surface area contributed by atoms with Crippen molar-refractivity contribution in [3.8, 4) is 11.5 Å². The molecule has 3 aromatic rings. The molecule has 0 aliphatic carbocycles. The molecule has 7 nitrogen and oxygen atoms in total. The number of thioether (sulfide) groups is 1. The number of hydrogen-bond donors (Lipinski definition) is 2. The van der Waals surface area contributed by atoms with Crippen molar-refractivity contribution in [2.75, 3.05) is 18.1 Å². The molecule has 27 heavy (non-hydrogen) atoms. The molecule has 0 saturated heterocycles. The van der Waals surface area contributed by atoms with Crippen molar-refractivity contribution >= 4 is 29.3 Å². The number of hydrogen-bond acceptors (Lipinski definition) is 6. The minimum absolute atomic E-state index is 0.111. The largest absolute Gasteiger partial charge is 0.411 e. The number of benzene rings is 2. The molecular formula is C19H18N4O3S. The van der Waals surface area contributed by atoms with Gasteiger partial charge in [-0.15, -0.1) is 10.2 Å². The lowest BCUT2D eigenvalue weighted by Crippen LogP contribution is -2.18. The molecular weight excluding hydrogens is 364 g/mol. The molecule has 0 radical (unpaired) electrons. The zero-order chi connectivity index (χ0) is 19.2. The highest BCUT2D eigenvalue weighted by Crippen LogP contribution is 2.23. The molecule has 0 aliphatic rings. The first-order valence-electron chi connectivity index (χ1n) is 8.20. The first kappa shape index (κ1) is 18.7. The van der Waals surface area contributed by atoms with Crippen LogP contribution in [0.5, 0.6) is 0 Å². The summed E-state index contributed by atoms with van der Waals surface area (Å²) in [6.07, 6.45) is 0. The van der Waals surface area contributed by atoms with Crippen LogP contribution in [0.1, 0.15) is 15.9 Å². The second kappa shape index (κ2) is 8.50. The van der Waals surface area contributed by atoms with Crippen LogP contribution in [-0.4, -0.2) is 34.8 Å². The average Bonchev–Trinajstić information content (AvgIpc) is 3.15. The Morgan fingerprint density at radius 1 is 1.11 bits per heavy atom. The smallest absolute Gasteiger partial charge is 0.277 e. The summed E-state index contributed by atoms with van der Waals surface area (Å²) in [6, 6.07) is 14.5. The van der Waals surface area contributed by atoms with E-state index < -0.39 is 0 Å². The van der Waals surface area contributed by atoms with E-state index in [0.29, 0.717) is 22.4 Å². The summed E-state index contributed by atoms with van der Waals surface area (Å²) in [5.74, 6) is 0.0787. The van der Waals surface area contributed by atoms with Gasteiger partial charge in [0.05, 0.1) is 5.75 Å². The lowest BCUT2D eigenvalue weighted by molar-refractivity contribution is -0.113. The number of rotatable bonds is 6. The Kier molecular flexibility index (Phi) is 5.87. The highest BCUT2D eigenvalue weighted by atomic mass is 32.2. The molecule has 1 aromatic heterocycles. The Balaban J connectivity index is 1.57. The number of anilines is 1. The summed E-state index contributed by atoms with van der Waals surface area (Å²) in [6.45, 7) is 2.00. The molecule has 0 saturated carbocycles. The normalized spacial score (nSPS) is 10.4. The van der Waals surface area contributed by atoms with Gasteiger partial charge in [0, 0.05) is 23.9 Å². The van der Waals surface area contributed by atoms with Crippen LogP contribution in [0.3, 0.4) is 0 Å². The molecule has 0 bridgehead atoms. The molecule has 0 spiro atoms. The highest BCUT2D eigenvalue weighted by Gasteiger charge is 2.12. The number of nitrogens with zero attached hydrogens (tertiary/aromatic N) is 2. The lowest BCUT2D eigenvalue weighted by Gasteiger charge is -2.06. The van der Waals surface area contributed by atoms with Crippen LogP contribution in [0.25, 0.3) is 11.5 Å². The van der Waals surface area contributed by atoms with Gasteiger partial charge in [0.15, 0.2) is 0 Å². The second-order valence-corrected chi connectivity index (χ2v) is 6.66. The SMILES string of the molecule is CNC(=O)c1cccc(NC(=O)CSc2nnc(-c3ccc(C)cc3)o2)c1. The summed E-state index contributed by atoms with van der Waals surface area (Å²) in [4.78, 5) is 23.8. The summed E-state index contributed by atoms with van der Waals surface area (Å²) >= 11 is 1.15. The quantitative estimate of drug-likeness (QED) is 0.636. The predicted octanol–water partition coefficient (Wildman–Crippen LogP) is 3.14. The molecule has 0 fully saturated rings. The number of aromatic nitrogens is 2. The third-order valence-corrected chi connectivity index (χ3v) is 4.49. The number of amides is 2. The first-order chi connectivity index (χ1) is 13.0. The van der Waals surface area contributed by atoms with E-state index >= 15 is 0 Å². The summed E-state index contributed by atoms with van der Waals surface area (Å²) in [5, 5.41) is 13.6. The van der Waals surface area contributed by atoms with Crippen molar-refractivity contribution in [1.82, 2.24) is 15.5 Å². The predicted molar refractivity (Wildman–Crippen MR) is 104 cm³/mol. The van der Waals surface area contributed by atoms with E-state index in [2.05, 4.69) is 20.8 Å². The Morgan fingerprint density at radius 3 is 2.63 bits per heavy atom. The maximum atomic E-state index is 12.1. The van der Waals surface area contributed by atoms with Crippen molar-refractivity contribution in [2.45, 2.75) is 12.1 Å². The van der Waals surface area contributed by atoms with Crippen molar-refractivity contribution in [1.29, 1.82) is 0 Å². The molecule has 2 aromatic carbocycles. The van der Waals surface area contributed by atoms with Crippen molar-refractivity contribution in [3.63, 3.8) is 0 Å². The zero-order valence-electron chi connectivity index (χ0n) is 14.9. The fourth-order valence-electron chi connectivity index (χ4n) is 2.29. The van der Waals surface area contributed by atoms with E-state index in [1.54, 1.807) is 31.3 Å². The van der Waals surface area contributed by atoms with Gasteiger partial charge >= 0.3 is 0 Å². The third-order valence-electron chi connectivity index (χ3n) is 3.67. The van der Waals surface area contributed by atoms with Crippen LogP contribution in [-0.2, 0) is 4.79 Å². The molecule has 1 heterocycles. The maximum Gasteiger partial charge on any atom is 0.277 e. The Labute approximate surface area is 160 Å². The van der Waals surface area contributed by atoms with Crippen LogP contribution in [0.4, 0.5) is 5.69 Å². The first-order valence-corrected chi connectivity index (χ1v) is 9.19. The molecule has 0 aliphatic heterocycles. The topological polar surface area (TPSA) is 97.1 Å². The van der Waals surface area contributed by atoms with Gasteiger partial charge in [-0.25, -0.2) is 0 Å². The van der Waals surface area contributed by atoms with Gasteiger partial charge in [0.1, 0.15) is 0 Å². The fourth-order valence-corrected chi connectivity index (χ4v) is 2.85. The van der Waals surface area contributed by atoms with E-state index in [1.165, 1.54) is 0 Å². The minimum atomic E-state index is -0.232. The van der Waals surface area contributed by atoms with E-state index in [4.69, 9.17) is 4.42 Å². The number of carbonyl (C=O) groups is 2. The molecule has 0 atom stereocenters. The zero-order valence-corrected chi connectivity index (χ0v) is 15.7. The van der Waals surface area contributed by atoms with Gasteiger partial charge in [-0.2, -0.15) is 0 Å². The van der Waals surface area contributed by atoms with Crippen molar-refractivity contribution < 1.29 is 14.0 Å². The lowest BCUT2D eigenvalue weighted by atomic mass is 10.1. The molecule has 2 amide bonds. The Morgan fingerprint density at radius 2 is 1.89 bits per heavy atom. The van der Waals surface area contributed by atoms with Gasteiger partial charge in [0.25, 0.3) is 11.1 Å². The molecule has 0 unspecified atom stereocenters. The maximum absolute atomic E-state index is 12.1. The number of nitrogens with one attached hydrogen (secondary N) is 2. The van der Waals surface area contributed by atoms with Crippen LogP contribution in [0, 0.1) is 6.92 Å². The van der Waals surface area contributed by atoms with Gasteiger partial charge < -0.3 is 15.1 Å². The molecule has 8 heteroatoms. The van der Waals surface area contributed by atoms with Crippen LogP contribution >= 0.6 is 11.8 Å². The van der Waals surface area contributed by atoms with E-state index in [0.717, 1.165) is 22.9 Å². The van der Waals surface area contributed by atoms with Crippen molar-refractivity contribution in [3.05, 3.63) is 59.7 Å². The van der Waals surface area contributed by atoms with E-state index in [-0.39, 0.29) is 17.6 Å². The Hall–Kier alpha value is -3.13. The van der Waals surface area contributed by atoms with Gasteiger partial charge in [0.2, 0.25) is 11.8 Å². The van der Waals surface area contributed by atoms with Crippen LogP contribution in [0.15, 0.2) is 58.2 Å². The summed E-state index contributed by atoms with van der Waals surface area (Å²) < 4.78 is 5.58. The third kappa shape index (κ3) is 4.95. The fraction of sp³-hybridized carbons (Fsp3) is 0.158. The molecule has 2 N–H and O–H groups in total. The van der Waals surface area contributed by atoms with Crippen LogP contribution < -0.4 is 10.6 Å².